The summed E-state index contributed by atoms with van der Waals surface area (Å²) in [5.74, 6) is 0. The van der Waals surface area contributed by atoms with Crippen LogP contribution >= 0.6 is 0 Å². The predicted octanol–water partition coefficient (Wildman–Crippen LogP) is 2.09. The fourth-order valence-electron chi connectivity index (χ4n) is 2.09. The Morgan fingerprint density at radius 3 is 2.72 bits per heavy atom. The Kier molecular flexibility index (Phi) is 2.78. The minimum atomic E-state index is 0.0595. The van der Waals surface area contributed by atoms with E-state index in [1.54, 1.807) is 10.9 Å². The summed E-state index contributed by atoms with van der Waals surface area (Å²) in [5, 5.41) is 19.3. The Bertz CT molecular complexity index is 675. The molecule has 0 bridgehead atoms. The first-order valence-corrected chi connectivity index (χ1v) is 5.87. The van der Waals surface area contributed by atoms with E-state index in [4.69, 9.17) is 5.11 Å². The van der Waals surface area contributed by atoms with Crippen LogP contribution in [0.25, 0.3) is 22.0 Å². The van der Waals surface area contributed by atoms with Crippen molar-refractivity contribution in [2.75, 3.05) is 6.61 Å². The van der Waals surface area contributed by atoms with Gasteiger partial charge in [0.25, 0.3) is 0 Å². The highest BCUT2D eigenvalue weighted by molar-refractivity contribution is 5.86. The Morgan fingerprint density at radius 2 is 1.89 bits per heavy atom. The lowest BCUT2D eigenvalue weighted by Crippen LogP contribution is -2.05. The van der Waals surface area contributed by atoms with Gasteiger partial charge in [-0.3, -0.25) is 0 Å². The monoisotopic (exact) mass is 239 g/mol. The van der Waals surface area contributed by atoms with E-state index in [-0.39, 0.29) is 6.61 Å². The molecule has 4 heteroatoms. The lowest BCUT2D eigenvalue weighted by Gasteiger charge is -2.05. The van der Waals surface area contributed by atoms with Gasteiger partial charge < -0.3 is 5.11 Å². The first-order chi connectivity index (χ1) is 8.88. The molecule has 2 aromatic carbocycles. The van der Waals surface area contributed by atoms with Crippen LogP contribution in [0.4, 0.5) is 0 Å². The van der Waals surface area contributed by atoms with Crippen LogP contribution in [-0.2, 0) is 6.54 Å². The molecule has 0 fully saturated rings. The normalized spacial score (nSPS) is 10.9. The standard InChI is InChI=1S/C14H13N3O/c18-8-7-17-14(10-15-16-17)13-6-5-11-3-1-2-4-12(11)9-13/h1-6,9-10,18H,7-8H2. The fourth-order valence-corrected chi connectivity index (χ4v) is 2.09. The number of aliphatic hydroxyl groups is 1. The molecule has 1 aromatic heterocycles. The summed E-state index contributed by atoms with van der Waals surface area (Å²) in [4.78, 5) is 0. The van der Waals surface area contributed by atoms with Crippen molar-refractivity contribution in [2.45, 2.75) is 6.54 Å². The second kappa shape index (κ2) is 4.58. The molecule has 4 nitrogen and oxygen atoms in total. The van der Waals surface area contributed by atoms with Crippen molar-refractivity contribution in [1.82, 2.24) is 15.0 Å². The van der Waals surface area contributed by atoms with Crippen LogP contribution in [0, 0.1) is 0 Å². The third kappa shape index (κ3) is 1.87. The lowest BCUT2D eigenvalue weighted by molar-refractivity contribution is 0.269. The summed E-state index contributed by atoms with van der Waals surface area (Å²) < 4.78 is 1.71. The molecule has 18 heavy (non-hydrogen) atoms. The van der Waals surface area contributed by atoms with E-state index in [0.717, 1.165) is 11.3 Å². The quantitative estimate of drug-likeness (QED) is 0.761. The fraction of sp³-hybridized carbons (Fsp3) is 0.143. The highest BCUT2D eigenvalue weighted by Crippen LogP contribution is 2.23. The number of benzene rings is 2. The van der Waals surface area contributed by atoms with Crippen molar-refractivity contribution in [3.63, 3.8) is 0 Å². The van der Waals surface area contributed by atoms with Crippen molar-refractivity contribution >= 4 is 10.8 Å². The Labute approximate surface area is 104 Å². The Balaban J connectivity index is 2.10. The van der Waals surface area contributed by atoms with Crippen LogP contribution in [0.15, 0.2) is 48.7 Å². The minimum absolute atomic E-state index is 0.0595. The third-order valence-electron chi connectivity index (χ3n) is 2.97. The van der Waals surface area contributed by atoms with Crippen molar-refractivity contribution in [1.29, 1.82) is 0 Å². The van der Waals surface area contributed by atoms with Crippen LogP contribution in [0.2, 0.25) is 0 Å². The summed E-state index contributed by atoms with van der Waals surface area (Å²) >= 11 is 0. The van der Waals surface area contributed by atoms with E-state index >= 15 is 0 Å². The van der Waals surface area contributed by atoms with Gasteiger partial charge in [-0.1, -0.05) is 41.6 Å². The molecule has 0 aliphatic rings. The van der Waals surface area contributed by atoms with E-state index in [2.05, 4.69) is 40.6 Å². The van der Waals surface area contributed by atoms with Gasteiger partial charge in [0.1, 0.15) is 0 Å². The van der Waals surface area contributed by atoms with Crippen LogP contribution in [0.3, 0.4) is 0 Å². The molecule has 3 rings (SSSR count). The largest absolute Gasteiger partial charge is 0.394 e. The molecule has 0 spiro atoms. The summed E-state index contributed by atoms with van der Waals surface area (Å²) in [6.07, 6.45) is 1.72. The van der Waals surface area contributed by atoms with Crippen LogP contribution < -0.4 is 0 Å². The maximum Gasteiger partial charge on any atom is 0.0886 e. The zero-order chi connectivity index (χ0) is 12.4. The molecule has 0 aliphatic carbocycles. The topological polar surface area (TPSA) is 50.9 Å². The van der Waals surface area contributed by atoms with E-state index in [9.17, 15) is 0 Å². The van der Waals surface area contributed by atoms with Crippen molar-refractivity contribution in [3.8, 4) is 11.3 Å². The maximum atomic E-state index is 8.99. The number of hydrogen-bond acceptors (Lipinski definition) is 3. The Morgan fingerprint density at radius 1 is 1.06 bits per heavy atom. The van der Waals surface area contributed by atoms with Gasteiger partial charge in [-0.05, 0) is 16.8 Å². The average molecular weight is 239 g/mol. The Hall–Kier alpha value is -2.20. The van der Waals surface area contributed by atoms with Crippen molar-refractivity contribution in [3.05, 3.63) is 48.7 Å². The zero-order valence-corrected chi connectivity index (χ0v) is 9.82. The smallest absolute Gasteiger partial charge is 0.0886 e. The van der Waals surface area contributed by atoms with Crippen LogP contribution in [0.5, 0.6) is 0 Å². The molecule has 0 amide bonds. The molecule has 1 N–H and O–H groups in total. The molecule has 0 atom stereocenters. The van der Waals surface area contributed by atoms with Gasteiger partial charge in [-0.15, -0.1) is 5.10 Å². The van der Waals surface area contributed by atoms with Gasteiger partial charge in [-0.25, -0.2) is 4.68 Å². The van der Waals surface area contributed by atoms with E-state index in [1.807, 2.05) is 12.1 Å². The van der Waals surface area contributed by atoms with Gasteiger partial charge in [0.05, 0.1) is 25.0 Å². The molecule has 90 valence electrons. The number of rotatable bonds is 3. The molecular weight excluding hydrogens is 226 g/mol. The van der Waals surface area contributed by atoms with E-state index in [1.165, 1.54) is 10.8 Å². The van der Waals surface area contributed by atoms with Gasteiger partial charge >= 0.3 is 0 Å². The third-order valence-corrected chi connectivity index (χ3v) is 2.97. The SMILES string of the molecule is OCCn1nncc1-c1ccc2ccccc2c1. The van der Waals surface area contributed by atoms with Gasteiger partial charge in [0.15, 0.2) is 0 Å². The van der Waals surface area contributed by atoms with Crippen LogP contribution in [0.1, 0.15) is 0 Å². The zero-order valence-electron chi connectivity index (χ0n) is 9.82. The lowest BCUT2D eigenvalue weighted by atomic mass is 10.1. The molecule has 0 unspecified atom stereocenters. The van der Waals surface area contributed by atoms with Gasteiger partial charge in [0, 0.05) is 5.56 Å². The molecule has 3 aromatic rings. The molecule has 0 saturated heterocycles. The summed E-state index contributed by atoms with van der Waals surface area (Å²) in [7, 11) is 0. The van der Waals surface area contributed by atoms with Gasteiger partial charge in [-0.2, -0.15) is 0 Å². The number of aliphatic hydroxyl groups excluding tert-OH is 1. The first-order valence-electron chi connectivity index (χ1n) is 5.87. The molecule has 0 radical (unpaired) electrons. The van der Waals surface area contributed by atoms with Crippen LogP contribution in [-0.4, -0.2) is 26.7 Å². The number of hydrogen-bond donors (Lipinski definition) is 1. The molecular formula is C14H13N3O. The second-order valence-electron chi connectivity index (χ2n) is 4.13. The molecule has 0 saturated carbocycles. The number of nitrogens with zero attached hydrogens (tertiary/aromatic N) is 3. The molecule has 1 heterocycles. The highest BCUT2D eigenvalue weighted by Gasteiger charge is 2.06. The van der Waals surface area contributed by atoms with Crippen molar-refractivity contribution in [2.24, 2.45) is 0 Å². The number of fused-ring (bicyclic) bond motifs is 1. The van der Waals surface area contributed by atoms with E-state index < -0.39 is 0 Å². The minimum Gasteiger partial charge on any atom is -0.394 e. The van der Waals surface area contributed by atoms with Gasteiger partial charge in [0.2, 0.25) is 0 Å². The first kappa shape index (κ1) is 10.9. The average Bonchev–Trinajstić information content (AvgIpc) is 2.87. The van der Waals surface area contributed by atoms with E-state index in [0.29, 0.717) is 6.54 Å². The summed E-state index contributed by atoms with van der Waals surface area (Å²) in [6, 6.07) is 14.5. The van der Waals surface area contributed by atoms with Crippen molar-refractivity contribution < 1.29 is 5.11 Å². The molecule has 0 aliphatic heterocycles. The second-order valence-corrected chi connectivity index (χ2v) is 4.13. The summed E-state index contributed by atoms with van der Waals surface area (Å²) in [6.45, 7) is 0.520. The number of aromatic nitrogens is 3. The maximum absolute atomic E-state index is 8.99. The predicted molar refractivity (Wildman–Crippen MR) is 70.0 cm³/mol. The highest BCUT2D eigenvalue weighted by atomic mass is 16.3. The summed E-state index contributed by atoms with van der Waals surface area (Å²) in [5.41, 5.74) is 1.99.